The van der Waals surface area contributed by atoms with E-state index in [0.29, 0.717) is 12.2 Å². The zero-order chi connectivity index (χ0) is 13.2. The van der Waals surface area contributed by atoms with Crippen LogP contribution in [0.3, 0.4) is 0 Å². The molecule has 0 aliphatic carbocycles. The molecule has 2 N–H and O–H groups in total. The number of ketones is 1. The van der Waals surface area contributed by atoms with Crippen molar-refractivity contribution in [3.05, 3.63) is 35.9 Å². The summed E-state index contributed by atoms with van der Waals surface area (Å²) in [5.74, 6) is -0.355. The van der Waals surface area contributed by atoms with Crippen LogP contribution in [0.2, 0.25) is 0 Å². The molecule has 1 atom stereocenters. The van der Waals surface area contributed by atoms with Gasteiger partial charge in [-0.25, -0.2) is 0 Å². The van der Waals surface area contributed by atoms with Crippen molar-refractivity contribution in [1.82, 2.24) is 0 Å². The highest BCUT2D eigenvalue weighted by Gasteiger charge is 2.16. The Kier molecular flexibility index (Phi) is 7.20. The van der Waals surface area contributed by atoms with E-state index < -0.39 is 6.10 Å². The highest BCUT2D eigenvalue weighted by molar-refractivity contribution is 5.99. The van der Waals surface area contributed by atoms with Crippen LogP contribution in [-0.2, 0) is 9.47 Å². The number of aliphatic hydroxyl groups excluding tert-OH is 2. The summed E-state index contributed by atoms with van der Waals surface area (Å²) in [5, 5.41) is 18.1. The number of hydrogen-bond acceptors (Lipinski definition) is 5. The maximum Gasteiger partial charge on any atom is 0.193 e. The Morgan fingerprint density at radius 2 is 1.78 bits per heavy atom. The molecule has 100 valence electrons. The molecule has 0 fully saturated rings. The van der Waals surface area contributed by atoms with E-state index in [4.69, 9.17) is 14.6 Å². The summed E-state index contributed by atoms with van der Waals surface area (Å²) in [6, 6.07) is 8.58. The number of carbonyl (C=O) groups is 1. The highest BCUT2D eigenvalue weighted by atomic mass is 16.5. The molecule has 0 spiro atoms. The minimum atomic E-state index is -1.16. The summed E-state index contributed by atoms with van der Waals surface area (Å²) in [7, 11) is 0. The molecule has 0 heterocycles. The quantitative estimate of drug-likeness (QED) is 0.488. The lowest BCUT2D eigenvalue weighted by Gasteiger charge is -2.10. The van der Waals surface area contributed by atoms with E-state index >= 15 is 0 Å². The van der Waals surface area contributed by atoms with Crippen LogP contribution in [0.25, 0.3) is 0 Å². The minimum absolute atomic E-state index is 0.0326. The lowest BCUT2D eigenvalue weighted by molar-refractivity contribution is 0.00179. The van der Waals surface area contributed by atoms with Crippen molar-refractivity contribution in [1.29, 1.82) is 0 Å². The van der Waals surface area contributed by atoms with E-state index in [1.807, 2.05) is 0 Å². The van der Waals surface area contributed by atoms with Crippen LogP contribution in [0.15, 0.2) is 30.3 Å². The maximum absolute atomic E-state index is 11.7. The number of aliphatic hydroxyl groups is 2. The molecule has 1 unspecified atom stereocenters. The molecule has 5 heteroatoms. The van der Waals surface area contributed by atoms with Crippen molar-refractivity contribution in [2.24, 2.45) is 0 Å². The molecule has 0 aliphatic heterocycles. The van der Waals surface area contributed by atoms with Gasteiger partial charge in [-0.1, -0.05) is 30.3 Å². The molecule has 5 nitrogen and oxygen atoms in total. The fourth-order valence-corrected chi connectivity index (χ4v) is 1.35. The minimum Gasteiger partial charge on any atom is -0.394 e. The molecule has 0 amide bonds. The average molecular weight is 254 g/mol. The zero-order valence-corrected chi connectivity index (χ0v) is 10.1. The second-order valence-electron chi connectivity index (χ2n) is 3.66. The van der Waals surface area contributed by atoms with Crippen molar-refractivity contribution >= 4 is 5.78 Å². The first-order valence-electron chi connectivity index (χ1n) is 5.79. The molecule has 1 aromatic carbocycles. The second kappa shape index (κ2) is 8.77. The van der Waals surface area contributed by atoms with Gasteiger partial charge in [0.25, 0.3) is 0 Å². The zero-order valence-electron chi connectivity index (χ0n) is 10.1. The molecule has 1 rings (SSSR count). The Morgan fingerprint density at radius 1 is 1.11 bits per heavy atom. The average Bonchev–Trinajstić information content (AvgIpc) is 2.42. The largest absolute Gasteiger partial charge is 0.394 e. The SMILES string of the molecule is O=C(c1ccccc1)C(O)COCCOCCO. The first kappa shape index (κ1) is 14.8. The van der Waals surface area contributed by atoms with Gasteiger partial charge < -0.3 is 19.7 Å². The smallest absolute Gasteiger partial charge is 0.193 e. The van der Waals surface area contributed by atoms with Gasteiger partial charge >= 0.3 is 0 Å². The van der Waals surface area contributed by atoms with Crippen molar-refractivity contribution in [3.8, 4) is 0 Å². The Hall–Kier alpha value is -1.27. The third kappa shape index (κ3) is 5.37. The molecular weight excluding hydrogens is 236 g/mol. The monoisotopic (exact) mass is 254 g/mol. The summed E-state index contributed by atoms with van der Waals surface area (Å²) in [5.41, 5.74) is 0.463. The molecule has 1 aromatic rings. The van der Waals surface area contributed by atoms with Gasteiger partial charge in [-0.3, -0.25) is 4.79 Å². The van der Waals surface area contributed by atoms with Gasteiger partial charge in [-0.05, 0) is 0 Å². The number of hydrogen-bond donors (Lipinski definition) is 2. The molecule has 0 radical (unpaired) electrons. The predicted molar refractivity (Wildman–Crippen MR) is 65.5 cm³/mol. The van der Waals surface area contributed by atoms with E-state index in [1.165, 1.54) is 0 Å². The van der Waals surface area contributed by atoms with Crippen molar-refractivity contribution in [3.63, 3.8) is 0 Å². The number of rotatable bonds is 9. The van der Waals surface area contributed by atoms with E-state index in [-0.39, 0.29) is 32.2 Å². The number of Topliss-reactive ketones (excluding diaryl/α,β-unsaturated/α-hetero) is 1. The van der Waals surface area contributed by atoms with Gasteiger partial charge in [-0.15, -0.1) is 0 Å². The molecule has 0 saturated carbocycles. The lowest BCUT2D eigenvalue weighted by Crippen LogP contribution is -2.26. The molecule has 0 saturated heterocycles. The van der Waals surface area contributed by atoms with Crippen LogP contribution in [-0.4, -0.2) is 55.1 Å². The van der Waals surface area contributed by atoms with Gasteiger partial charge in [0, 0.05) is 5.56 Å². The molecular formula is C13H18O5. The van der Waals surface area contributed by atoms with Gasteiger partial charge in [0.2, 0.25) is 0 Å². The van der Waals surface area contributed by atoms with E-state index in [9.17, 15) is 9.90 Å². The van der Waals surface area contributed by atoms with Crippen LogP contribution in [0.1, 0.15) is 10.4 Å². The van der Waals surface area contributed by atoms with Crippen molar-refractivity contribution in [2.45, 2.75) is 6.10 Å². The molecule has 18 heavy (non-hydrogen) atoms. The Balaban J connectivity index is 2.20. The van der Waals surface area contributed by atoms with Gasteiger partial charge in [0.05, 0.1) is 33.0 Å². The highest BCUT2D eigenvalue weighted by Crippen LogP contribution is 2.03. The number of benzene rings is 1. The van der Waals surface area contributed by atoms with Crippen molar-refractivity contribution in [2.75, 3.05) is 33.0 Å². The van der Waals surface area contributed by atoms with E-state index in [1.54, 1.807) is 30.3 Å². The van der Waals surface area contributed by atoms with Crippen LogP contribution in [0, 0.1) is 0 Å². The summed E-state index contributed by atoms with van der Waals surface area (Å²) in [4.78, 5) is 11.7. The molecule has 0 aromatic heterocycles. The topological polar surface area (TPSA) is 76.0 Å². The second-order valence-corrected chi connectivity index (χ2v) is 3.66. The molecule has 0 aliphatic rings. The van der Waals surface area contributed by atoms with Crippen LogP contribution in [0.4, 0.5) is 0 Å². The first-order valence-corrected chi connectivity index (χ1v) is 5.79. The van der Waals surface area contributed by atoms with Crippen LogP contribution >= 0.6 is 0 Å². The standard InChI is InChI=1S/C13H18O5/c14-6-7-17-8-9-18-10-12(15)13(16)11-4-2-1-3-5-11/h1-5,12,14-15H,6-10H2. The number of carbonyl (C=O) groups excluding carboxylic acids is 1. The predicted octanol–water partition coefficient (Wildman–Crippen LogP) is 0.256. The maximum atomic E-state index is 11.7. The van der Waals surface area contributed by atoms with Gasteiger partial charge in [0.1, 0.15) is 6.10 Å². The third-order valence-corrected chi connectivity index (χ3v) is 2.24. The summed E-state index contributed by atoms with van der Waals surface area (Å²) in [6.07, 6.45) is -1.16. The van der Waals surface area contributed by atoms with Gasteiger partial charge in [-0.2, -0.15) is 0 Å². The third-order valence-electron chi connectivity index (χ3n) is 2.24. The summed E-state index contributed by atoms with van der Waals surface area (Å²) < 4.78 is 10.1. The van der Waals surface area contributed by atoms with E-state index in [0.717, 1.165) is 0 Å². The van der Waals surface area contributed by atoms with E-state index in [2.05, 4.69) is 0 Å². The first-order chi connectivity index (χ1) is 8.75. The summed E-state index contributed by atoms with van der Waals surface area (Å²) in [6.45, 7) is 0.770. The molecule has 0 bridgehead atoms. The van der Waals surface area contributed by atoms with Gasteiger partial charge in [0.15, 0.2) is 5.78 Å². The van der Waals surface area contributed by atoms with Crippen LogP contribution in [0.5, 0.6) is 0 Å². The lowest BCUT2D eigenvalue weighted by atomic mass is 10.1. The van der Waals surface area contributed by atoms with Crippen molar-refractivity contribution < 1.29 is 24.5 Å². The Morgan fingerprint density at radius 3 is 2.44 bits per heavy atom. The summed E-state index contributed by atoms with van der Waals surface area (Å²) >= 11 is 0. The Labute approximate surface area is 106 Å². The fourth-order valence-electron chi connectivity index (χ4n) is 1.35. The van der Waals surface area contributed by atoms with Crippen LogP contribution < -0.4 is 0 Å². The number of ether oxygens (including phenoxy) is 2. The Bertz CT molecular complexity index is 338. The fraction of sp³-hybridized carbons (Fsp3) is 0.462. The normalized spacial score (nSPS) is 12.3.